The van der Waals surface area contributed by atoms with Gasteiger partial charge in [-0.2, -0.15) is 10.4 Å². The van der Waals surface area contributed by atoms with Crippen LogP contribution >= 0.6 is 23.2 Å². The Bertz CT molecular complexity index is 1880. The average Bonchev–Trinajstić information content (AvgIpc) is 3.47. The van der Waals surface area contributed by atoms with E-state index in [1.807, 2.05) is 23.4 Å². The number of carbonyl (C=O) groups excluding carboxylic acids is 1. The van der Waals surface area contributed by atoms with Crippen LogP contribution in [0.15, 0.2) is 35.4 Å². The first-order valence-electron chi connectivity index (χ1n) is 16.4. The Balaban J connectivity index is 0.000000309. The fraction of sp³-hybridized carbons (Fsp3) is 0.429. The van der Waals surface area contributed by atoms with E-state index < -0.39 is 5.82 Å². The first kappa shape index (κ1) is 33.9. The highest BCUT2D eigenvalue weighted by Crippen LogP contribution is 2.43. The summed E-state index contributed by atoms with van der Waals surface area (Å²) >= 11 is 12.8. The highest BCUT2D eigenvalue weighted by molar-refractivity contribution is 6.43. The van der Waals surface area contributed by atoms with Gasteiger partial charge in [0.05, 0.1) is 27.7 Å². The van der Waals surface area contributed by atoms with E-state index in [4.69, 9.17) is 28.9 Å². The summed E-state index contributed by atoms with van der Waals surface area (Å²) in [4.78, 5) is 23.1. The standard InChI is InChI=1S/C29H25Cl2FN4O.C5H9N.CH6N4/c1-15-19-14-22(23-8-4-12-36(23)29(37)16-9-10-16)35-27(19)20-13-17(5-3-11-33)24(26(32)28(20)34-15)18-6-2-7-21(30)25(18)31;1-4-2-5(1)6-3-4;2-1-4-5-3/h2,6-7,13-14,16,23,35H,3-5,8-10,12H2,1H3;4-6H,1-3H2;1,5H,3H2,(H2,2,4). The van der Waals surface area contributed by atoms with Gasteiger partial charge in [-0.05, 0) is 88.1 Å². The third kappa shape index (κ3) is 6.80. The monoisotopic (exact) mass is 691 g/mol. The minimum atomic E-state index is -0.484. The van der Waals surface area contributed by atoms with Crippen LogP contribution < -0.4 is 22.4 Å². The molecule has 5 heterocycles. The molecule has 2 aromatic carbocycles. The number of hydrazone groups is 1. The molecule has 5 aliphatic rings. The summed E-state index contributed by atoms with van der Waals surface area (Å²) in [6.07, 6.45) is 8.42. The molecule has 0 spiro atoms. The maximum atomic E-state index is 16.3. The number of aromatic amines is 1. The largest absolute Gasteiger partial charge is 0.388 e. The molecule has 3 saturated heterocycles. The topological polar surface area (TPSA) is 161 Å². The molecule has 0 radical (unpaired) electrons. The van der Waals surface area contributed by atoms with Crippen molar-refractivity contribution < 1.29 is 9.18 Å². The molecule has 2 aliphatic carbocycles. The van der Waals surface area contributed by atoms with E-state index in [9.17, 15) is 10.1 Å². The number of H-pyrrole nitrogens is 1. The summed E-state index contributed by atoms with van der Waals surface area (Å²) in [6, 6.07) is 12.2. The molecule has 2 saturated carbocycles. The molecule has 7 N–H and O–H groups in total. The second-order valence-corrected chi connectivity index (χ2v) is 13.7. The number of pyridine rings is 1. The van der Waals surface area contributed by atoms with Crippen molar-refractivity contribution in [1.29, 1.82) is 5.26 Å². The van der Waals surface area contributed by atoms with E-state index in [2.05, 4.69) is 38.4 Å². The highest BCUT2D eigenvalue weighted by Gasteiger charge is 2.39. The number of nitrogens with zero attached hydrogens (tertiary/aromatic N) is 4. The van der Waals surface area contributed by atoms with Crippen LogP contribution in [0.1, 0.15) is 67.9 Å². The number of fused-ring (bicyclic) bond motifs is 4. The molecule has 1 amide bonds. The van der Waals surface area contributed by atoms with Gasteiger partial charge < -0.3 is 20.9 Å². The Kier molecular flexibility index (Phi) is 10.4. The predicted molar refractivity (Wildman–Crippen MR) is 189 cm³/mol. The lowest BCUT2D eigenvalue weighted by molar-refractivity contribution is -0.133. The van der Waals surface area contributed by atoms with Crippen molar-refractivity contribution in [2.75, 3.05) is 13.1 Å². The number of hydrogen-bond donors (Lipinski definition) is 5. The summed E-state index contributed by atoms with van der Waals surface area (Å²) < 4.78 is 16.3. The maximum Gasteiger partial charge on any atom is 0.226 e. The summed E-state index contributed by atoms with van der Waals surface area (Å²) in [6.45, 7) is 3.95. The summed E-state index contributed by atoms with van der Waals surface area (Å²) in [7, 11) is 0. The van der Waals surface area contributed by atoms with Crippen LogP contribution in [0, 0.1) is 35.9 Å². The van der Waals surface area contributed by atoms with Crippen LogP contribution in [0.25, 0.3) is 32.9 Å². The molecule has 2 bridgehead atoms. The van der Waals surface area contributed by atoms with Crippen LogP contribution in [0.3, 0.4) is 0 Å². The molecule has 10 nitrogen and oxygen atoms in total. The number of hydrogen-bond acceptors (Lipinski definition) is 7. The molecule has 1 unspecified atom stereocenters. The Morgan fingerprint density at radius 3 is 2.65 bits per heavy atom. The van der Waals surface area contributed by atoms with Gasteiger partial charge >= 0.3 is 0 Å². The van der Waals surface area contributed by atoms with Gasteiger partial charge in [-0.1, -0.05) is 35.3 Å². The zero-order valence-corrected chi connectivity index (χ0v) is 28.3. The normalized spacial score (nSPS) is 21.0. The van der Waals surface area contributed by atoms with E-state index in [-0.39, 0.29) is 34.8 Å². The van der Waals surface area contributed by atoms with Crippen LogP contribution in [0.5, 0.6) is 0 Å². The molecule has 1 atom stereocenters. The molecule has 3 aliphatic heterocycles. The fourth-order valence-electron chi connectivity index (χ4n) is 7.11. The third-order valence-corrected chi connectivity index (χ3v) is 10.5. The van der Waals surface area contributed by atoms with E-state index in [0.717, 1.165) is 67.1 Å². The van der Waals surface area contributed by atoms with E-state index in [1.54, 1.807) is 18.2 Å². The number of carbonyl (C=O) groups is 1. The minimum absolute atomic E-state index is 0.0117. The van der Waals surface area contributed by atoms with Gasteiger partial charge in [-0.25, -0.2) is 20.8 Å². The smallest absolute Gasteiger partial charge is 0.226 e. The molecule has 13 heteroatoms. The Hall–Kier alpha value is -3.95. The number of nitrogens with two attached hydrogens (primary N) is 2. The Labute approximate surface area is 289 Å². The zero-order valence-electron chi connectivity index (χ0n) is 26.8. The molecule has 2 aromatic heterocycles. The van der Waals surface area contributed by atoms with Crippen LogP contribution in [0.4, 0.5) is 4.39 Å². The van der Waals surface area contributed by atoms with Crippen molar-refractivity contribution in [3.05, 3.63) is 63.1 Å². The summed E-state index contributed by atoms with van der Waals surface area (Å²) in [5.41, 5.74) is 10.8. The first-order valence-corrected chi connectivity index (χ1v) is 17.2. The van der Waals surface area contributed by atoms with Gasteiger partial charge in [0.25, 0.3) is 0 Å². The van der Waals surface area contributed by atoms with Crippen molar-refractivity contribution in [3.8, 4) is 17.2 Å². The van der Waals surface area contributed by atoms with Crippen LogP contribution in [-0.4, -0.2) is 46.2 Å². The fourth-order valence-corrected chi connectivity index (χ4v) is 7.51. The van der Waals surface area contributed by atoms with Gasteiger partial charge in [0.15, 0.2) is 5.82 Å². The first-order chi connectivity index (χ1) is 23.2. The molecular formula is C35H40Cl2FN9O. The number of nitrogens with one attached hydrogen (secondary N) is 3. The molecule has 9 rings (SSSR count). The SMILES string of the molecule is C1NC2CC1C2.Cc1nc2c(F)c(-c3cccc(Cl)c3Cl)c(CCC#N)cc2c2[nH]c(C3CCCN3C(=O)C3CC3)cc12.N/C=N\NN. The number of likely N-dealkylation sites (tertiary alicyclic amines) is 1. The summed E-state index contributed by atoms with van der Waals surface area (Å²) in [5, 5.41) is 18.0. The second kappa shape index (κ2) is 14.7. The van der Waals surface area contributed by atoms with E-state index in [0.29, 0.717) is 39.2 Å². The van der Waals surface area contributed by atoms with Crippen molar-refractivity contribution >= 4 is 57.3 Å². The highest BCUT2D eigenvalue weighted by atomic mass is 35.5. The lowest BCUT2D eigenvalue weighted by atomic mass is 9.87. The lowest BCUT2D eigenvalue weighted by Gasteiger charge is -2.24. The average molecular weight is 693 g/mol. The van der Waals surface area contributed by atoms with Crippen LogP contribution in [-0.2, 0) is 11.2 Å². The number of halogens is 3. The van der Waals surface area contributed by atoms with Gasteiger partial charge in [0, 0.05) is 58.2 Å². The number of benzene rings is 2. The van der Waals surface area contributed by atoms with E-state index in [1.165, 1.54) is 19.4 Å². The number of amides is 1. The van der Waals surface area contributed by atoms with E-state index >= 15 is 4.39 Å². The van der Waals surface area contributed by atoms with Gasteiger partial charge in [-0.15, -0.1) is 0 Å². The second-order valence-electron chi connectivity index (χ2n) is 12.9. The Morgan fingerprint density at radius 1 is 1.25 bits per heavy atom. The van der Waals surface area contributed by atoms with Gasteiger partial charge in [0.2, 0.25) is 5.91 Å². The summed E-state index contributed by atoms with van der Waals surface area (Å²) in [5.74, 6) is 5.62. The van der Waals surface area contributed by atoms with Crippen molar-refractivity contribution in [1.82, 2.24) is 25.7 Å². The van der Waals surface area contributed by atoms with Crippen molar-refractivity contribution in [2.24, 2.45) is 28.5 Å². The number of rotatable bonds is 6. The van der Waals surface area contributed by atoms with Gasteiger partial charge in [0.1, 0.15) is 11.9 Å². The molecule has 5 fully saturated rings. The maximum absolute atomic E-state index is 16.3. The third-order valence-electron chi connectivity index (χ3n) is 9.73. The molecular weight excluding hydrogens is 652 g/mol. The van der Waals surface area contributed by atoms with Crippen LogP contribution in [0.2, 0.25) is 10.0 Å². The van der Waals surface area contributed by atoms with Crippen molar-refractivity contribution in [3.63, 3.8) is 0 Å². The van der Waals surface area contributed by atoms with Crippen molar-refractivity contribution in [2.45, 2.75) is 70.4 Å². The molecule has 252 valence electrons. The molecule has 4 aromatic rings. The lowest BCUT2D eigenvalue weighted by Crippen LogP contribution is -2.31. The zero-order chi connectivity index (χ0) is 33.9. The molecule has 48 heavy (non-hydrogen) atoms. The number of aryl methyl sites for hydroxylation is 2. The number of nitriles is 1. The minimum Gasteiger partial charge on any atom is -0.388 e. The van der Waals surface area contributed by atoms with Gasteiger partial charge in [-0.3, -0.25) is 4.79 Å². The number of hydrazine groups is 1. The quantitative estimate of drug-likeness (QED) is 0.0678. The predicted octanol–water partition coefficient (Wildman–Crippen LogP) is 6.39. The Morgan fingerprint density at radius 2 is 2.04 bits per heavy atom. The number of aromatic nitrogens is 2.